The Labute approximate surface area is 171 Å². The van der Waals surface area contributed by atoms with Gasteiger partial charge in [-0.05, 0) is 38.6 Å². The van der Waals surface area contributed by atoms with Crippen LogP contribution in [0.3, 0.4) is 0 Å². The van der Waals surface area contributed by atoms with Crippen molar-refractivity contribution in [1.29, 1.82) is 0 Å². The number of aliphatic hydroxyl groups excluding tert-OH is 1. The fraction of sp³-hybridized carbons (Fsp3) is 0.778. The molecule has 29 heavy (non-hydrogen) atoms. The van der Waals surface area contributed by atoms with Crippen LogP contribution in [0.2, 0.25) is 0 Å². The Hall–Kier alpha value is -2.24. The minimum absolute atomic E-state index is 0.270. The zero-order valence-corrected chi connectivity index (χ0v) is 17.3. The predicted molar refractivity (Wildman–Crippen MR) is 107 cm³/mol. The number of nitrogens with one attached hydrogen (secondary N) is 3. The van der Waals surface area contributed by atoms with E-state index in [2.05, 4.69) is 16.0 Å². The van der Waals surface area contributed by atoms with Crippen LogP contribution in [0.1, 0.15) is 46.5 Å². The van der Waals surface area contributed by atoms with Crippen LogP contribution in [0, 0.1) is 5.92 Å². The highest BCUT2D eigenvalue weighted by Crippen LogP contribution is 2.08. The second-order valence-electron chi connectivity index (χ2n) is 7.09. The zero-order chi connectivity index (χ0) is 22.6. The van der Waals surface area contributed by atoms with Gasteiger partial charge in [0.2, 0.25) is 17.7 Å². The molecule has 0 saturated heterocycles. The van der Waals surface area contributed by atoms with Gasteiger partial charge in [-0.2, -0.15) is 0 Å². The normalized spacial score (nSPS) is 16.1. The average molecular weight is 418 g/mol. The molecular weight excluding hydrogens is 382 g/mol. The summed E-state index contributed by atoms with van der Waals surface area (Å²) >= 11 is 0. The number of unbranched alkanes of at least 4 members (excludes halogenated alkanes) is 1. The summed E-state index contributed by atoms with van der Waals surface area (Å²) in [6.45, 7) is 4.60. The summed E-state index contributed by atoms with van der Waals surface area (Å²) in [6, 6.07) is -4.32. The molecule has 0 spiro atoms. The van der Waals surface area contributed by atoms with E-state index in [0.29, 0.717) is 25.8 Å². The molecule has 0 rings (SSSR count). The quantitative estimate of drug-likeness (QED) is 0.158. The third-order valence-corrected chi connectivity index (χ3v) is 4.59. The minimum Gasteiger partial charge on any atom is -0.480 e. The SMILES string of the molecule is CCC(C)C(NC(=O)C(CO)NC(=O)C(CCCCN)NC(=O)C(C)N)C(=O)O. The summed E-state index contributed by atoms with van der Waals surface area (Å²) in [6.07, 6.45) is 1.97. The maximum atomic E-state index is 12.6. The lowest BCUT2D eigenvalue weighted by molar-refractivity contribution is -0.144. The van der Waals surface area contributed by atoms with E-state index < -0.39 is 54.5 Å². The molecule has 0 aromatic carbocycles. The van der Waals surface area contributed by atoms with Crippen molar-refractivity contribution in [2.45, 2.75) is 70.6 Å². The van der Waals surface area contributed by atoms with Crippen molar-refractivity contribution in [3.63, 3.8) is 0 Å². The van der Waals surface area contributed by atoms with Crippen molar-refractivity contribution in [1.82, 2.24) is 16.0 Å². The third kappa shape index (κ3) is 9.68. The number of hydrogen-bond donors (Lipinski definition) is 7. The monoisotopic (exact) mass is 417 g/mol. The number of amides is 3. The molecule has 0 aromatic heterocycles. The van der Waals surface area contributed by atoms with Crippen LogP contribution in [0.15, 0.2) is 0 Å². The highest BCUT2D eigenvalue weighted by Gasteiger charge is 2.31. The van der Waals surface area contributed by atoms with Crippen LogP contribution in [-0.4, -0.2) is 71.2 Å². The smallest absolute Gasteiger partial charge is 0.326 e. The van der Waals surface area contributed by atoms with Gasteiger partial charge in [0.15, 0.2) is 0 Å². The third-order valence-electron chi connectivity index (χ3n) is 4.59. The largest absolute Gasteiger partial charge is 0.480 e. The van der Waals surface area contributed by atoms with Gasteiger partial charge >= 0.3 is 5.97 Å². The Kier molecular flexibility index (Phi) is 12.8. The van der Waals surface area contributed by atoms with Gasteiger partial charge in [0.1, 0.15) is 18.1 Å². The molecule has 5 unspecified atom stereocenters. The summed E-state index contributed by atoms with van der Waals surface area (Å²) in [4.78, 5) is 48.2. The van der Waals surface area contributed by atoms with Crippen LogP contribution in [-0.2, 0) is 19.2 Å². The molecule has 9 N–H and O–H groups in total. The fourth-order valence-electron chi connectivity index (χ4n) is 2.47. The number of aliphatic hydroxyl groups is 1. The highest BCUT2D eigenvalue weighted by molar-refractivity contribution is 5.94. The summed E-state index contributed by atoms with van der Waals surface area (Å²) in [7, 11) is 0. The van der Waals surface area contributed by atoms with Crippen LogP contribution >= 0.6 is 0 Å². The fourth-order valence-corrected chi connectivity index (χ4v) is 2.47. The van der Waals surface area contributed by atoms with E-state index in [1.807, 2.05) is 0 Å². The first-order valence-corrected chi connectivity index (χ1v) is 9.79. The van der Waals surface area contributed by atoms with Gasteiger partial charge < -0.3 is 37.6 Å². The number of nitrogens with two attached hydrogens (primary N) is 2. The number of carboxylic acid groups (broad SMARTS) is 1. The molecule has 0 radical (unpaired) electrons. The molecule has 3 amide bonds. The first-order valence-electron chi connectivity index (χ1n) is 9.79. The molecule has 5 atom stereocenters. The molecule has 0 aromatic rings. The first-order chi connectivity index (χ1) is 13.6. The molecular formula is C18H35N5O6. The van der Waals surface area contributed by atoms with Gasteiger partial charge in [-0.3, -0.25) is 14.4 Å². The van der Waals surface area contributed by atoms with Gasteiger partial charge in [0.25, 0.3) is 0 Å². The van der Waals surface area contributed by atoms with Crippen molar-refractivity contribution < 1.29 is 29.4 Å². The number of carbonyl (C=O) groups excluding carboxylic acids is 3. The van der Waals surface area contributed by atoms with E-state index >= 15 is 0 Å². The lowest BCUT2D eigenvalue weighted by atomic mass is 9.99. The summed E-state index contributed by atoms with van der Waals surface area (Å²) in [5, 5.41) is 26.0. The molecule has 11 heteroatoms. The maximum absolute atomic E-state index is 12.6. The highest BCUT2D eigenvalue weighted by atomic mass is 16.4. The Morgan fingerprint density at radius 2 is 1.48 bits per heavy atom. The number of carboxylic acids is 1. The van der Waals surface area contributed by atoms with E-state index in [0.717, 1.165) is 0 Å². The molecule has 0 bridgehead atoms. The lowest BCUT2D eigenvalue weighted by Gasteiger charge is -2.25. The number of rotatable bonds is 14. The maximum Gasteiger partial charge on any atom is 0.326 e. The molecule has 0 saturated carbocycles. The summed E-state index contributed by atoms with van der Waals surface area (Å²) in [5.41, 5.74) is 11.0. The van der Waals surface area contributed by atoms with Gasteiger partial charge in [0.05, 0.1) is 12.6 Å². The van der Waals surface area contributed by atoms with Crippen molar-refractivity contribution >= 4 is 23.7 Å². The standard InChI is InChI=1S/C18H35N5O6/c1-4-10(2)14(18(28)29)23-17(27)13(9-24)22-16(26)12(7-5-6-8-19)21-15(25)11(3)20/h10-14,24H,4-9,19-20H2,1-3H3,(H,21,25)(H,22,26)(H,23,27)(H,28,29). The van der Waals surface area contributed by atoms with Crippen LogP contribution < -0.4 is 27.4 Å². The van der Waals surface area contributed by atoms with Crippen molar-refractivity contribution in [2.24, 2.45) is 17.4 Å². The van der Waals surface area contributed by atoms with Crippen LogP contribution in [0.25, 0.3) is 0 Å². The Balaban J connectivity index is 5.16. The Morgan fingerprint density at radius 3 is 1.93 bits per heavy atom. The predicted octanol–water partition coefficient (Wildman–Crippen LogP) is -1.96. The van der Waals surface area contributed by atoms with E-state index in [1.54, 1.807) is 13.8 Å². The van der Waals surface area contributed by atoms with Crippen LogP contribution in [0.5, 0.6) is 0 Å². The first kappa shape index (κ1) is 26.8. The van der Waals surface area contributed by atoms with Crippen molar-refractivity contribution in [2.75, 3.05) is 13.2 Å². The molecule has 0 aliphatic rings. The van der Waals surface area contributed by atoms with Gasteiger partial charge in [-0.15, -0.1) is 0 Å². The van der Waals surface area contributed by atoms with Crippen molar-refractivity contribution in [3.05, 3.63) is 0 Å². The van der Waals surface area contributed by atoms with Gasteiger partial charge in [-0.1, -0.05) is 20.3 Å². The molecule has 0 heterocycles. The average Bonchev–Trinajstić information content (AvgIpc) is 2.67. The number of hydrogen-bond acceptors (Lipinski definition) is 7. The topological polar surface area (TPSA) is 197 Å². The minimum atomic E-state index is -1.36. The zero-order valence-electron chi connectivity index (χ0n) is 17.3. The van der Waals surface area contributed by atoms with Gasteiger partial charge in [-0.25, -0.2) is 4.79 Å². The molecule has 11 nitrogen and oxygen atoms in total. The number of carbonyl (C=O) groups is 4. The Morgan fingerprint density at radius 1 is 0.931 bits per heavy atom. The summed E-state index contributed by atoms with van der Waals surface area (Å²) < 4.78 is 0. The van der Waals surface area contributed by atoms with Gasteiger partial charge in [0, 0.05) is 0 Å². The van der Waals surface area contributed by atoms with Crippen molar-refractivity contribution in [3.8, 4) is 0 Å². The molecule has 168 valence electrons. The molecule has 0 aliphatic carbocycles. The van der Waals surface area contributed by atoms with E-state index in [4.69, 9.17) is 11.5 Å². The molecule has 0 aliphatic heterocycles. The van der Waals surface area contributed by atoms with Crippen LogP contribution in [0.4, 0.5) is 0 Å². The molecule has 0 fully saturated rings. The second kappa shape index (κ2) is 13.9. The second-order valence-corrected chi connectivity index (χ2v) is 7.09. The number of aliphatic carboxylic acids is 1. The Bertz CT molecular complexity index is 557. The van der Waals surface area contributed by atoms with E-state index in [1.165, 1.54) is 6.92 Å². The van der Waals surface area contributed by atoms with E-state index in [-0.39, 0.29) is 12.3 Å². The summed E-state index contributed by atoms with van der Waals surface area (Å²) in [5.74, 6) is -3.60. The van der Waals surface area contributed by atoms with E-state index in [9.17, 15) is 29.4 Å². The lowest BCUT2D eigenvalue weighted by Crippen LogP contribution is -2.58.